The minimum atomic E-state index is 0. The topological polar surface area (TPSA) is 73.8 Å². The lowest BCUT2D eigenvalue weighted by atomic mass is 10.0. The first kappa shape index (κ1) is 25.9. The van der Waals surface area contributed by atoms with Gasteiger partial charge in [-0.2, -0.15) is 0 Å². The monoisotopic (exact) mass is 518 g/mol. The molecule has 0 spiro atoms. The Morgan fingerprint density at radius 2 is 1.93 bits per heavy atom. The molecule has 0 bridgehead atoms. The van der Waals surface area contributed by atoms with E-state index < -0.39 is 0 Å². The van der Waals surface area contributed by atoms with Crippen LogP contribution in [0.2, 0.25) is 0 Å². The number of nitrogens with zero attached hydrogens (tertiary/aromatic N) is 3. The summed E-state index contributed by atoms with van der Waals surface area (Å²) in [6.07, 6.45) is 5.16. The summed E-state index contributed by atoms with van der Waals surface area (Å²) in [4.78, 5) is 11.2. The first-order valence-electron chi connectivity index (χ1n) is 10.6. The van der Waals surface area contributed by atoms with Crippen LogP contribution in [0.1, 0.15) is 33.1 Å². The summed E-state index contributed by atoms with van der Waals surface area (Å²) in [5, 5.41) is 10.3. The zero-order valence-electron chi connectivity index (χ0n) is 18.2. The van der Waals surface area contributed by atoms with Gasteiger partial charge in [0.2, 0.25) is 0 Å². The molecule has 1 unspecified atom stereocenters. The van der Waals surface area contributed by atoms with Crippen LogP contribution in [0.3, 0.4) is 0 Å². The fourth-order valence-corrected chi connectivity index (χ4v) is 3.42. The van der Waals surface area contributed by atoms with Crippen LogP contribution in [-0.2, 0) is 4.74 Å². The van der Waals surface area contributed by atoms with E-state index in [1.54, 1.807) is 0 Å². The van der Waals surface area contributed by atoms with Gasteiger partial charge in [0, 0.05) is 52.0 Å². The third kappa shape index (κ3) is 11.0. The highest BCUT2D eigenvalue weighted by atomic mass is 127. The van der Waals surface area contributed by atoms with E-state index in [0.29, 0.717) is 12.0 Å². The molecule has 0 amide bonds. The second kappa shape index (κ2) is 15.7. The zero-order chi connectivity index (χ0) is 20.0. The van der Waals surface area contributed by atoms with Gasteiger partial charge in [0.15, 0.2) is 5.96 Å². The van der Waals surface area contributed by atoms with E-state index in [9.17, 15) is 0 Å². The minimum absolute atomic E-state index is 0. The maximum absolute atomic E-state index is 5.51. The van der Waals surface area contributed by atoms with Crippen LogP contribution in [-0.4, -0.2) is 74.9 Å². The number of guanidine groups is 1. The molecular formula is C21H39IN6O. The fraction of sp³-hybridized carbons (Fsp3) is 0.714. The Morgan fingerprint density at radius 3 is 2.59 bits per heavy atom. The predicted octanol–water partition coefficient (Wildman–Crippen LogP) is 2.80. The second-order valence-electron chi connectivity index (χ2n) is 7.66. The number of morpholine rings is 1. The number of pyridine rings is 1. The Bertz CT molecular complexity index is 551. The Hall–Kier alpha value is -1.13. The van der Waals surface area contributed by atoms with Gasteiger partial charge in [0.05, 0.1) is 13.2 Å². The zero-order valence-corrected chi connectivity index (χ0v) is 20.5. The van der Waals surface area contributed by atoms with Crippen molar-refractivity contribution in [2.75, 3.05) is 58.3 Å². The van der Waals surface area contributed by atoms with Crippen LogP contribution in [0.25, 0.3) is 0 Å². The van der Waals surface area contributed by atoms with Crippen LogP contribution in [0, 0.1) is 5.92 Å². The molecule has 2 heterocycles. The molecular weight excluding hydrogens is 479 g/mol. The average Bonchev–Trinajstić information content (AvgIpc) is 2.73. The Kier molecular flexibility index (Phi) is 14.0. The van der Waals surface area contributed by atoms with Gasteiger partial charge < -0.3 is 20.7 Å². The number of halogens is 1. The number of aliphatic imine (C=N–C) groups is 1. The lowest BCUT2D eigenvalue weighted by molar-refractivity contribution is 0.0132. The standard InChI is InChI=1S/C21H38N6O.HI/c1-18(2)16-19(27-12-14-28-15-13-27)17-26-21(22-3)25-11-7-6-10-24-20-8-4-5-9-23-20;/h4-5,8-9,18-19H,6-7,10-17H2,1-3H3,(H,23,24)(H2,22,25,26);1H. The van der Waals surface area contributed by atoms with Crippen molar-refractivity contribution in [2.45, 2.75) is 39.2 Å². The van der Waals surface area contributed by atoms with Gasteiger partial charge in [-0.25, -0.2) is 4.98 Å². The molecule has 1 aliphatic rings. The van der Waals surface area contributed by atoms with Gasteiger partial charge in [-0.15, -0.1) is 24.0 Å². The van der Waals surface area contributed by atoms with E-state index in [2.05, 4.69) is 44.7 Å². The van der Waals surface area contributed by atoms with E-state index >= 15 is 0 Å². The van der Waals surface area contributed by atoms with Gasteiger partial charge >= 0.3 is 0 Å². The first-order chi connectivity index (χ1) is 13.7. The lowest BCUT2D eigenvalue weighted by Crippen LogP contribution is -2.51. The molecule has 1 aromatic heterocycles. The number of aromatic nitrogens is 1. The molecule has 0 saturated carbocycles. The molecule has 0 aromatic carbocycles. The quantitative estimate of drug-likeness (QED) is 0.181. The molecule has 29 heavy (non-hydrogen) atoms. The van der Waals surface area contributed by atoms with Crippen molar-refractivity contribution in [2.24, 2.45) is 10.9 Å². The first-order valence-corrected chi connectivity index (χ1v) is 10.6. The third-order valence-electron chi connectivity index (χ3n) is 4.90. The molecule has 0 aliphatic carbocycles. The Balaban J connectivity index is 0.00000420. The number of anilines is 1. The second-order valence-corrected chi connectivity index (χ2v) is 7.66. The van der Waals surface area contributed by atoms with Gasteiger partial charge in [-0.1, -0.05) is 19.9 Å². The van der Waals surface area contributed by atoms with Crippen LogP contribution >= 0.6 is 24.0 Å². The molecule has 3 N–H and O–H groups in total. The molecule has 1 aliphatic heterocycles. The minimum Gasteiger partial charge on any atom is -0.379 e. The predicted molar refractivity (Wildman–Crippen MR) is 132 cm³/mol. The molecule has 0 radical (unpaired) electrons. The third-order valence-corrected chi connectivity index (χ3v) is 4.90. The van der Waals surface area contributed by atoms with Crippen LogP contribution < -0.4 is 16.0 Å². The van der Waals surface area contributed by atoms with Crippen LogP contribution in [0.15, 0.2) is 29.4 Å². The molecule has 8 heteroatoms. The van der Waals surface area contributed by atoms with Crippen LogP contribution in [0.4, 0.5) is 5.82 Å². The number of ether oxygens (including phenoxy) is 1. The summed E-state index contributed by atoms with van der Waals surface area (Å²) >= 11 is 0. The normalized spacial score (nSPS) is 16.2. The van der Waals surface area contributed by atoms with E-state index in [0.717, 1.165) is 70.6 Å². The maximum Gasteiger partial charge on any atom is 0.191 e. The highest BCUT2D eigenvalue weighted by Crippen LogP contribution is 2.13. The number of hydrogen-bond donors (Lipinski definition) is 3. The number of hydrogen-bond acceptors (Lipinski definition) is 5. The summed E-state index contributed by atoms with van der Waals surface area (Å²) in [6.45, 7) is 11.1. The molecule has 166 valence electrons. The maximum atomic E-state index is 5.51. The fourth-order valence-electron chi connectivity index (χ4n) is 3.42. The van der Waals surface area contributed by atoms with Gasteiger partial charge in [-0.05, 0) is 37.3 Å². The summed E-state index contributed by atoms with van der Waals surface area (Å²) < 4.78 is 5.51. The van der Waals surface area contributed by atoms with Crippen molar-refractivity contribution in [1.29, 1.82) is 0 Å². The number of rotatable bonds is 11. The summed E-state index contributed by atoms with van der Waals surface area (Å²) in [5.41, 5.74) is 0. The van der Waals surface area contributed by atoms with E-state index in [-0.39, 0.29) is 24.0 Å². The summed E-state index contributed by atoms with van der Waals surface area (Å²) in [7, 11) is 1.84. The molecule has 2 rings (SSSR count). The van der Waals surface area contributed by atoms with E-state index in [4.69, 9.17) is 4.74 Å². The van der Waals surface area contributed by atoms with Crippen molar-refractivity contribution in [1.82, 2.24) is 20.5 Å². The Morgan fingerprint density at radius 1 is 1.17 bits per heavy atom. The number of unbranched alkanes of at least 4 members (excludes halogenated alkanes) is 1. The summed E-state index contributed by atoms with van der Waals surface area (Å²) in [5.74, 6) is 2.50. The van der Waals surface area contributed by atoms with Crippen LogP contribution in [0.5, 0.6) is 0 Å². The summed E-state index contributed by atoms with van der Waals surface area (Å²) in [6, 6.07) is 6.44. The molecule has 1 saturated heterocycles. The highest BCUT2D eigenvalue weighted by molar-refractivity contribution is 14.0. The van der Waals surface area contributed by atoms with Crippen molar-refractivity contribution in [3.8, 4) is 0 Å². The number of nitrogens with one attached hydrogen (secondary N) is 3. The molecule has 7 nitrogen and oxygen atoms in total. The highest BCUT2D eigenvalue weighted by Gasteiger charge is 2.22. The Labute approximate surface area is 193 Å². The van der Waals surface area contributed by atoms with Crippen molar-refractivity contribution in [3.05, 3.63) is 24.4 Å². The molecule has 1 aromatic rings. The van der Waals surface area contributed by atoms with E-state index in [1.807, 2.05) is 31.4 Å². The SMILES string of the molecule is CN=C(NCCCCNc1ccccn1)NCC(CC(C)C)N1CCOCC1.I. The van der Waals surface area contributed by atoms with Gasteiger partial charge in [-0.3, -0.25) is 9.89 Å². The lowest BCUT2D eigenvalue weighted by Gasteiger charge is -2.35. The molecule has 1 atom stereocenters. The van der Waals surface area contributed by atoms with Crippen molar-refractivity contribution < 1.29 is 4.74 Å². The van der Waals surface area contributed by atoms with Gasteiger partial charge in [0.25, 0.3) is 0 Å². The van der Waals surface area contributed by atoms with Crippen molar-refractivity contribution >= 4 is 35.8 Å². The average molecular weight is 518 g/mol. The van der Waals surface area contributed by atoms with E-state index in [1.165, 1.54) is 6.42 Å². The molecule has 1 fully saturated rings. The largest absolute Gasteiger partial charge is 0.379 e. The smallest absolute Gasteiger partial charge is 0.191 e. The van der Waals surface area contributed by atoms with Gasteiger partial charge in [0.1, 0.15) is 5.82 Å². The van der Waals surface area contributed by atoms with Crippen molar-refractivity contribution in [3.63, 3.8) is 0 Å².